The van der Waals surface area contributed by atoms with E-state index in [0.717, 1.165) is 23.5 Å². The summed E-state index contributed by atoms with van der Waals surface area (Å²) in [6, 6.07) is 2.04. The van der Waals surface area contributed by atoms with E-state index >= 15 is 0 Å². The normalized spacial score (nSPS) is 10.9. The zero-order valence-corrected chi connectivity index (χ0v) is 9.80. The Kier molecular flexibility index (Phi) is 2.64. The molecule has 0 saturated heterocycles. The average Bonchev–Trinajstić information content (AvgIpc) is 2.72. The molecule has 0 atom stereocenters. The first-order chi connectivity index (χ1) is 7.61. The van der Waals surface area contributed by atoms with Crippen LogP contribution < -0.4 is 5.73 Å². The van der Waals surface area contributed by atoms with Crippen LogP contribution in [0.25, 0.3) is 0 Å². The van der Waals surface area contributed by atoms with Crippen LogP contribution in [0.3, 0.4) is 0 Å². The summed E-state index contributed by atoms with van der Waals surface area (Å²) in [4.78, 5) is 0. The molecule has 0 fully saturated rings. The molecule has 0 unspecified atom stereocenters. The zero-order valence-electron chi connectivity index (χ0n) is 9.80. The zero-order chi connectivity index (χ0) is 11.7. The minimum Gasteiger partial charge on any atom is -0.381 e. The van der Waals surface area contributed by atoms with Crippen LogP contribution in [0.5, 0.6) is 0 Å². The van der Waals surface area contributed by atoms with Crippen LogP contribution in [0.15, 0.2) is 6.07 Å². The Morgan fingerprint density at radius 3 is 2.75 bits per heavy atom. The Balaban J connectivity index is 2.30. The van der Waals surface area contributed by atoms with E-state index in [1.807, 2.05) is 36.3 Å². The Hall–Kier alpha value is -1.85. The third-order valence-corrected chi connectivity index (χ3v) is 2.61. The van der Waals surface area contributed by atoms with Gasteiger partial charge in [-0.25, -0.2) is 4.68 Å². The minimum absolute atomic E-state index is 0.515. The van der Waals surface area contributed by atoms with Crippen molar-refractivity contribution < 1.29 is 0 Å². The number of nitrogens with zero attached hydrogens (tertiary/aromatic N) is 5. The molecule has 0 aliphatic heterocycles. The van der Waals surface area contributed by atoms with Crippen LogP contribution in [-0.2, 0) is 20.0 Å². The summed E-state index contributed by atoms with van der Waals surface area (Å²) in [5.74, 6) is 0.515. The first-order valence-electron chi connectivity index (χ1n) is 5.29. The van der Waals surface area contributed by atoms with Gasteiger partial charge < -0.3 is 5.73 Å². The maximum Gasteiger partial charge on any atom is 0.169 e. The van der Waals surface area contributed by atoms with E-state index in [0.29, 0.717) is 12.4 Å². The Morgan fingerprint density at radius 1 is 1.44 bits per heavy atom. The average molecular weight is 220 g/mol. The highest BCUT2D eigenvalue weighted by molar-refractivity contribution is 5.33. The summed E-state index contributed by atoms with van der Waals surface area (Å²) < 4.78 is 3.68. The number of hydrogen-bond donors (Lipinski definition) is 1. The molecule has 0 aliphatic rings. The van der Waals surface area contributed by atoms with Crippen molar-refractivity contribution in [2.24, 2.45) is 7.05 Å². The molecule has 0 spiro atoms. The van der Waals surface area contributed by atoms with Gasteiger partial charge in [0.25, 0.3) is 0 Å². The minimum atomic E-state index is 0.515. The lowest BCUT2D eigenvalue weighted by Gasteiger charge is -2.04. The Bertz CT molecular complexity index is 495. The number of aryl methyl sites for hydroxylation is 2. The van der Waals surface area contributed by atoms with Crippen molar-refractivity contribution in [1.29, 1.82) is 0 Å². The standard InChI is InChI=1S/C10H16N6/c1-4-9-10(11)12-14-16(9)6-8-5-7(2)13-15(8)3/h5H,4,6,11H2,1-3H3. The highest BCUT2D eigenvalue weighted by atomic mass is 15.4. The van der Waals surface area contributed by atoms with E-state index in [1.54, 1.807) is 0 Å². The molecule has 0 bridgehead atoms. The number of nitrogens with two attached hydrogens (primary N) is 1. The summed E-state index contributed by atoms with van der Waals surface area (Å²) in [6.45, 7) is 4.67. The van der Waals surface area contributed by atoms with Gasteiger partial charge in [0.15, 0.2) is 5.82 Å². The van der Waals surface area contributed by atoms with E-state index in [-0.39, 0.29) is 0 Å². The van der Waals surface area contributed by atoms with Gasteiger partial charge in [-0.1, -0.05) is 12.1 Å². The van der Waals surface area contributed by atoms with Gasteiger partial charge in [-0.05, 0) is 19.4 Å². The highest BCUT2D eigenvalue weighted by Gasteiger charge is 2.10. The van der Waals surface area contributed by atoms with Gasteiger partial charge in [0.1, 0.15) is 0 Å². The number of rotatable bonds is 3. The summed E-state index contributed by atoms with van der Waals surface area (Å²) in [5.41, 5.74) is 8.80. The number of hydrogen-bond acceptors (Lipinski definition) is 4. The van der Waals surface area contributed by atoms with Crippen molar-refractivity contribution in [2.45, 2.75) is 26.8 Å². The van der Waals surface area contributed by atoms with Gasteiger partial charge in [-0.2, -0.15) is 5.10 Å². The van der Waals surface area contributed by atoms with Gasteiger partial charge in [0, 0.05) is 7.05 Å². The van der Waals surface area contributed by atoms with Crippen molar-refractivity contribution in [3.05, 3.63) is 23.1 Å². The molecule has 0 saturated carbocycles. The fourth-order valence-corrected chi connectivity index (χ4v) is 1.80. The second kappa shape index (κ2) is 3.96. The smallest absolute Gasteiger partial charge is 0.169 e. The summed E-state index contributed by atoms with van der Waals surface area (Å²) in [6.07, 6.45) is 0.829. The number of anilines is 1. The summed E-state index contributed by atoms with van der Waals surface area (Å²) in [5, 5.41) is 12.2. The fraction of sp³-hybridized carbons (Fsp3) is 0.500. The van der Waals surface area contributed by atoms with Gasteiger partial charge >= 0.3 is 0 Å². The van der Waals surface area contributed by atoms with Crippen molar-refractivity contribution in [1.82, 2.24) is 24.8 Å². The van der Waals surface area contributed by atoms with Gasteiger partial charge in [0.05, 0.1) is 23.6 Å². The second-order valence-corrected chi connectivity index (χ2v) is 3.83. The molecule has 6 nitrogen and oxygen atoms in total. The maximum atomic E-state index is 5.73. The van der Waals surface area contributed by atoms with Crippen molar-refractivity contribution >= 4 is 5.82 Å². The highest BCUT2D eigenvalue weighted by Crippen LogP contribution is 2.11. The lowest BCUT2D eigenvalue weighted by Crippen LogP contribution is -2.10. The number of nitrogen functional groups attached to an aromatic ring is 1. The quantitative estimate of drug-likeness (QED) is 0.818. The van der Waals surface area contributed by atoms with Crippen LogP contribution in [-0.4, -0.2) is 24.8 Å². The largest absolute Gasteiger partial charge is 0.381 e. The molecular weight excluding hydrogens is 204 g/mol. The SMILES string of the molecule is CCc1c(N)nnn1Cc1cc(C)nn1C. The van der Waals surface area contributed by atoms with Crippen LogP contribution in [0, 0.1) is 6.92 Å². The molecule has 0 aliphatic carbocycles. The summed E-state index contributed by atoms with van der Waals surface area (Å²) in [7, 11) is 1.92. The van der Waals surface area contributed by atoms with Crippen LogP contribution in [0.2, 0.25) is 0 Å². The Labute approximate surface area is 94.1 Å². The van der Waals surface area contributed by atoms with Crippen molar-refractivity contribution in [2.75, 3.05) is 5.73 Å². The summed E-state index contributed by atoms with van der Waals surface area (Å²) >= 11 is 0. The predicted octanol–water partition coefficient (Wildman–Crippen LogP) is 0.513. The predicted molar refractivity (Wildman–Crippen MR) is 60.9 cm³/mol. The molecule has 2 aromatic rings. The lowest BCUT2D eigenvalue weighted by molar-refractivity contribution is 0.581. The molecule has 2 N–H and O–H groups in total. The van der Waals surface area contributed by atoms with Gasteiger partial charge in [0.2, 0.25) is 0 Å². The van der Waals surface area contributed by atoms with E-state index < -0.39 is 0 Å². The molecule has 2 rings (SSSR count). The molecule has 86 valence electrons. The topological polar surface area (TPSA) is 74.6 Å². The lowest BCUT2D eigenvalue weighted by atomic mass is 10.3. The molecular formula is C10H16N6. The number of aromatic nitrogens is 5. The third kappa shape index (κ3) is 1.78. The fourth-order valence-electron chi connectivity index (χ4n) is 1.80. The van der Waals surface area contributed by atoms with Crippen LogP contribution in [0.4, 0.5) is 5.82 Å². The molecule has 16 heavy (non-hydrogen) atoms. The first kappa shape index (κ1) is 10.7. The maximum absolute atomic E-state index is 5.73. The van der Waals surface area contributed by atoms with Crippen LogP contribution >= 0.6 is 0 Å². The first-order valence-corrected chi connectivity index (χ1v) is 5.29. The second-order valence-electron chi connectivity index (χ2n) is 3.83. The molecule has 0 amide bonds. The van der Waals surface area contributed by atoms with Crippen LogP contribution in [0.1, 0.15) is 24.0 Å². The molecule has 2 aromatic heterocycles. The van der Waals surface area contributed by atoms with E-state index in [9.17, 15) is 0 Å². The molecule has 2 heterocycles. The third-order valence-electron chi connectivity index (χ3n) is 2.61. The van der Waals surface area contributed by atoms with Gasteiger partial charge in [-0.15, -0.1) is 5.10 Å². The molecule has 0 radical (unpaired) electrons. The molecule has 0 aromatic carbocycles. The Morgan fingerprint density at radius 2 is 2.19 bits per heavy atom. The monoisotopic (exact) mass is 220 g/mol. The molecule has 6 heteroatoms. The van der Waals surface area contributed by atoms with E-state index in [4.69, 9.17) is 5.73 Å². The van der Waals surface area contributed by atoms with Crippen molar-refractivity contribution in [3.63, 3.8) is 0 Å². The van der Waals surface area contributed by atoms with E-state index in [2.05, 4.69) is 15.4 Å². The van der Waals surface area contributed by atoms with Crippen molar-refractivity contribution in [3.8, 4) is 0 Å². The van der Waals surface area contributed by atoms with Gasteiger partial charge in [-0.3, -0.25) is 4.68 Å². The van der Waals surface area contributed by atoms with E-state index in [1.165, 1.54) is 0 Å².